The number of nitrogens with zero attached hydrogens (tertiary/aromatic N) is 2. The summed E-state index contributed by atoms with van der Waals surface area (Å²) in [4.78, 5) is 2.30. The molecule has 1 atom stereocenters. The average Bonchev–Trinajstić information content (AvgIpc) is 2.60. The Morgan fingerprint density at radius 3 is 2.71 bits per heavy atom. The Hall–Kier alpha value is -0.330. The Morgan fingerprint density at radius 2 is 2.05 bits per heavy atom. The highest BCUT2D eigenvalue weighted by molar-refractivity contribution is 7.89. The Morgan fingerprint density at radius 1 is 1.33 bits per heavy atom. The molecule has 1 fully saturated rings. The maximum Gasteiger partial charge on any atom is 0.244 e. The van der Waals surface area contributed by atoms with Gasteiger partial charge < -0.3 is 4.90 Å². The van der Waals surface area contributed by atoms with E-state index in [1.54, 1.807) is 22.5 Å². The molecule has 0 N–H and O–H groups in total. The Balaban J connectivity index is 2.41. The largest absolute Gasteiger partial charge is 0.305 e. The fraction of sp³-hybridized carbons (Fsp3) is 0.571. The monoisotopic (exact) mass is 350 g/mol. The van der Waals surface area contributed by atoms with Crippen LogP contribution in [0.2, 0.25) is 5.02 Å². The van der Waals surface area contributed by atoms with Crippen molar-refractivity contribution in [3.05, 3.63) is 28.8 Å². The highest BCUT2D eigenvalue weighted by Gasteiger charge is 2.32. The van der Waals surface area contributed by atoms with Crippen LogP contribution in [0.1, 0.15) is 18.9 Å². The summed E-state index contributed by atoms with van der Waals surface area (Å²) in [6.07, 6.45) is 0.812. The van der Waals surface area contributed by atoms with E-state index in [4.69, 9.17) is 23.2 Å². The zero-order valence-electron chi connectivity index (χ0n) is 12.2. The lowest BCUT2D eigenvalue weighted by Gasteiger charge is -2.27. The van der Waals surface area contributed by atoms with E-state index >= 15 is 0 Å². The molecule has 1 aromatic rings. The van der Waals surface area contributed by atoms with Gasteiger partial charge in [-0.3, -0.25) is 0 Å². The lowest BCUT2D eigenvalue weighted by atomic mass is 10.2. The third-order valence-electron chi connectivity index (χ3n) is 3.72. The Kier molecular flexibility index (Phi) is 5.54. The van der Waals surface area contributed by atoms with Crippen LogP contribution in [0.3, 0.4) is 0 Å². The molecule has 118 valence electrons. The van der Waals surface area contributed by atoms with E-state index in [9.17, 15) is 8.42 Å². The molecule has 7 heteroatoms. The number of halogens is 2. The zero-order chi connectivity index (χ0) is 15.6. The van der Waals surface area contributed by atoms with E-state index in [0.717, 1.165) is 18.5 Å². The summed E-state index contributed by atoms with van der Waals surface area (Å²) in [7, 11) is -1.60. The maximum atomic E-state index is 12.9. The standard InChI is InChI=1S/C14H20Cl2N2O2S/c1-11-10-17(2)6-3-7-18(11)21(19,20)14-8-12(9-15)4-5-13(14)16/h4-5,8,11H,3,6-7,9-10H2,1-2H3. The molecule has 0 radical (unpaired) electrons. The average molecular weight is 351 g/mol. The van der Waals surface area contributed by atoms with Crippen molar-refractivity contribution in [2.75, 3.05) is 26.7 Å². The van der Waals surface area contributed by atoms with Crippen molar-refractivity contribution in [2.45, 2.75) is 30.2 Å². The Bertz CT molecular complexity index is 607. The molecular weight excluding hydrogens is 331 g/mol. The molecule has 1 aliphatic rings. The minimum absolute atomic E-state index is 0.0850. The molecule has 1 aromatic carbocycles. The number of sulfonamides is 1. The fourth-order valence-corrected chi connectivity index (χ4v) is 5.02. The summed E-state index contributed by atoms with van der Waals surface area (Å²) in [6, 6.07) is 4.83. The van der Waals surface area contributed by atoms with E-state index in [1.807, 2.05) is 14.0 Å². The first-order valence-electron chi connectivity index (χ1n) is 6.91. The first kappa shape index (κ1) is 17.0. The minimum atomic E-state index is -3.61. The van der Waals surface area contributed by atoms with Gasteiger partial charge in [0.2, 0.25) is 10.0 Å². The first-order chi connectivity index (χ1) is 9.86. The first-order valence-corrected chi connectivity index (χ1v) is 9.26. The van der Waals surface area contributed by atoms with Crippen molar-refractivity contribution in [3.8, 4) is 0 Å². The van der Waals surface area contributed by atoms with Gasteiger partial charge in [-0.2, -0.15) is 4.31 Å². The van der Waals surface area contributed by atoms with Crippen LogP contribution < -0.4 is 0 Å². The molecule has 0 spiro atoms. The lowest BCUT2D eigenvalue weighted by molar-refractivity contribution is 0.290. The lowest BCUT2D eigenvalue weighted by Crippen LogP contribution is -2.42. The van der Waals surface area contributed by atoms with Crippen LogP contribution in [-0.4, -0.2) is 50.3 Å². The number of benzene rings is 1. The fourth-order valence-electron chi connectivity index (χ4n) is 2.66. The van der Waals surface area contributed by atoms with Gasteiger partial charge in [0, 0.05) is 25.0 Å². The second kappa shape index (κ2) is 6.84. The van der Waals surface area contributed by atoms with Crippen molar-refractivity contribution >= 4 is 33.2 Å². The summed E-state index contributed by atoms with van der Waals surface area (Å²) in [5, 5.41) is 0.244. The van der Waals surface area contributed by atoms with Gasteiger partial charge in [0.25, 0.3) is 0 Å². The van der Waals surface area contributed by atoms with Gasteiger partial charge in [-0.05, 0) is 44.6 Å². The topological polar surface area (TPSA) is 40.6 Å². The molecule has 1 saturated heterocycles. The van der Waals surface area contributed by atoms with Gasteiger partial charge in [-0.1, -0.05) is 17.7 Å². The van der Waals surface area contributed by atoms with Crippen molar-refractivity contribution in [1.82, 2.24) is 9.21 Å². The number of likely N-dealkylation sites (N-methyl/N-ethyl adjacent to an activating group) is 1. The molecule has 1 unspecified atom stereocenters. The van der Waals surface area contributed by atoms with Crippen LogP contribution >= 0.6 is 23.2 Å². The van der Waals surface area contributed by atoms with E-state index in [0.29, 0.717) is 13.1 Å². The van der Waals surface area contributed by atoms with Gasteiger partial charge in [0.1, 0.15) is 4.90 Å². The summed E-state index contributed by atoms with van der Waals surface area (Å²) in [5.74, 6) is 0.262. The minimum Gasteiger partial charge on any atom is -0.305 e. The van der Waals surface area contributed by atoms with E-state index in [2.05, 4.69) is 4.90 Å². The molecule has 21 heavy (non-hydrogen) atoms. The molecule has 0 saturated carbocycles. The summed E-state index contributed by atoms with van der Waals surface area (Å²) >= 11 is 11.9. The normalized spacial score (nSPS) is 22.2. The highest BCUT2D eigenvalue weighted by atomic mass is 35.5. The molecule has 1 aliphatic heterocycles. The molecule has 2 rings (SSSR count). The van der Waals surface area contributed by atoms with E-state index < -0.39 is 10.0 Å². The maximum absolute atomic E-state index is 12.9. The second-order valence-corrected chi connectivity index (χ2v) is 8.01. The van der Waals surface area contributed by atoms with Crippen LogP contribution in [-0.2, 0) is 15.9 Å². The molecular formula is C14H20Cl2N2O2S. The molecule has 4 nitrogen and oxygen atoms in total. The van der Waals surface area contributed by atoms with Crippen LogP contribution in [0.25, 0.3) is 0 Å². The van der Waals surface area contributed by atoms with Gasteiger partial charge >= 0.3 is 0 Å². The van der Waals surface area contributed by atoms with Gasteiger partial charge in [0.15, 0.2) is 0 Å². The quantitative estimate of drug-likeness (QED) is 0.787. The predicted molar refractivity (Wildman–Crippen MR) is 86.5 cm³/mol. The van der Waals surface area contributed by atoms with Gasteiger partial charge in [0.05, 0.1) is 5.02 Å². The smallest absolute Gasteiger partial charge is 0.244 e. The van der Waals surface area contributed by atoms with Gasteiger partial charge in [-0.15, -0.1) is 11.6 Å². The number of hydrogen-bond donors (Lipinski definition) is 0. The van der Waals surface area contributed by atoms with E-state index in [-0.39, 0.29) is 21.8 Å². The molecule has 0 aliphatic carbocycles. The summed E-state index contributed by atoms with van der Waals surface area (Å²) < 4.78 is 27.4. The number of hydrogen-bond acceptors (Lipinski definition) is 3. The van der Waals surface area contributed by atoms with Crippen LogP contribution in [0.15, 0.2) is 23.1 Å². The van der Waals surface area contributed by atoms with E-state index in [1.165, 1.54) is 0 Å². The van der Waals surface area contributed by atoms with Gasteiger partial charge in [-0.25, -0.2) is 8.42 Å². The third-order valence-corrected chi connectivity index (χ3v) is 6.53. The van der Waals surface area contributed by atoms with Crippen LogP contribution in [0.4, 0.5) is 0 Å². The summed E-state index contributed by atoms with van der Waals surface area (Å²) in [5.41, 5.74) is 0.749. The zero-order valence-corrected chi connectivity index (χ0v) is 14.5. The number of alkyl halides is 1. The molecule has 0 aromatic heterocycles. The van der Waals surface area contributed by atoms with Crippen molar-refractivity contribution < 1.29 is 8.42 Å². The summed E-state index contributed by atoms with van der Waals surface area (Å²) in [6.45, 7) is 4.05. The second-order valence-electron chi connectivity index (χ2n) is 5.48. The molecule has 1 heterocycles. The third kappa shape index (κ3) is 3.71. The van der Waals surface area contributed by atoms with Crippen molar-refractivity contribution in [3.63, 3.8) is 0 Å². The molecule has 0 bridgehead atoms. The predicted octanol–water partition coefficient (Wildman–Crippen LogP) is 2.79. The SMILES string of the molecule is CC1CN(C)CCCN1S(=O)(=O)c1cc(CCl)ccc1Cl. The number of rotatable bonds is 3. The van der Waals surface area contributed by atoms with Crippen molar-refractivity contribution in [1.29, 1.82) is 0 Å². The van der Waals surface area contributed by atoms with Crippen LogP contribution in [0, 0.1) is 0 Å². The van der Waals surface area contributed by atoms with Crippen molar-refractivity contribution in [2.24, 2.45) is 0 Å². The Labute approximate surface area is 136 Å². The highest BCUT2D eigenvalue weighted by Crippen LogP contribution is 2.28. The van der Waals surface area contributed by atoms with Crippen LogP contribution in [0.5, 0.6) is 0 Å². The molecule has 0 amide bonds.